The van der Waals surface area contributed by atoms with Gasteiger partial charge < -0.3 is 5.73 Å². The zero-order valence-electron chi connectivity index (χ0n) is 10.0. The molecule has 0 aliphatic rings. The summed E-state index contributed by atoms with van der Waals surface area (Å²) >= 11 is 1.64. The van der Waals surface area contributed by atoms with Gasteiger partial charge in [-0.2, -0.15) is 11.3 Å². The molecule has 0 aliphatic heterocycles. The van der Waals surface area contributed by atoms with Crippen molar-refractivity contribution >= 4 is 11.3 Å². The van der Waals surface area contributed by atoms with Crippen LogP contribution in [-0.4, -0.2) is 0 Å². The van der Waals surface area contributed by atoms with Gasteiger partial charge in [0.1, 0.15) is 5.82 Å². The van der Waals surface area contributed by atoms with E-state index in [0.29, 0.717) is 12.0 Å². The first kappa shape index (κ1) is 12.3. The van der Waals surface area contributed by atoms with Crippen LogP contribution in [-0.2, 0) is 6.42 Å². The highest BCUT2D eigenvalue weighted by atomic mass is 32.1. The second kappa shape index (κ2) is 4.98. The molecule has 2 rings (SSSR count). The minimum atomic E-state index is -0.273. The Morgan fingerprint density at radius 1 is 1.35 bits per heavy atom. The van der Waals surface area contributed by atoms with Gasteiger partial charge in [0.15, 0.2) is 0 Å². The predicted molar refractivity (Wildman–Crippen MR) is 70.8 cm³/mol. The van der Waals surface area contributed by atoms with E-state index in [1.165, 1.54) is 5.56 Å². The van der Waals surface area contributed by atoms with Gasteiger partial charge in [-0.1, -0.05) is 6.07 Å². The van der Waals surface area contributed by atoms with Crippen molar-refractivity contribution in [3.05, 3.63) is 57.0 Å². The van der Waals surface area contributed by atoms with Gasteiger partial charge in [-0.25, -0.2) is 4.39 Å². The number of halogens is 1. The molecule has 1 unspecified atom stereocenters. The van der Waals surface area contributed by atoms with Crippen LogP contribution in [0.25, 0.3) is 0 Å². The molecule has 0 fully saturated rings. The van der Waals surface area contributed by atoms with Crippen LogP contribution >= 0.6 is 11.3 Å². The molecular formula is C14H16FNS. The summed E-state index contributed by atoms with van der Waals surface area (Å²) in [4.78, 5) is 0. The minimum Gasteiger partial charge on any atom is -0.324 e. The standard InChI is InChI=1S/C14H16FNS/c1-9-5-10(2)14(12(15)6-9)13(16)7-11-3-4-17-8-11/h3-6,8,13H,7,16H2,1-2H3. The molecule has 3 heteroatoms. The first-order valence-electron chi connectivity index (χ1n) is 5.61. The molecule has 0 radical (unpaired) electrons. The van der Waals surface area contributed by atoms with Crippen molar-refractivity contribution in [2.75, 3.05) is 0 Å². The first-order chi connectivity index (χ1) is 8.08. The van der Waals surface area contributed by atoms with Crippen molar-refractivity contribution in [1.82, 2.24) is 0 Å². The number of hydrogen-bond donors (Lipinski definition) is 1. The average Bonchev–Trinajstić information content (AvgIpc) is 2.68. The molecule has 0 saturated carbocycles. The molecular weight excluding hydrogens is 233 g/mol. The topological polar surface area (TPSA) is 26.0 Å². The molecule has 2 aromatic rings. The smallest absolute Gasteiger partial charge is 0.128 e. The maximum atomic E-state index is 13.9. The van der Waals surface area contributed by atoms with Crippen molar-refractivity contribution in [3.63, 3.8) is 0 Å². The van der Waals surface area contributed by atoms with Gasteiger partial charge in [-0.05, 0) is 59.9 Å². The van der Waals surface area contributed by atoms with Gasteiger partial charge in [-0.3, -0.25) is 0 Å². The van der Waals surface area contributed by atoms with Crippen molar-refractivity contribution in [3.8, 4) is 0 Å². The lowest BCUT2D eigenvalue weighted by Crippen LogP contribution is -2.16. The fourth-order valence-electron chi connectivity index (χ4n) is 2.16. The summed E-state index contributed by atoms with van der Waals surface area (Å²) in [5, 5.41) is 4.07. The molecule has 0 saturated heterocycles. The van der Waals surface area contributed by atoms with E-state index in [9.17, 15) is 4.39 Å². The number of benzene rings is 1. The summed E-state index contributed by atoms with van der Waals surface area (Å²) in [6.07, 6.45) is 0.685. The zero-order valence-corrected chi connectivity index (χ0v) is 10.9. The summed E-state index contributed by atoms with van der Waals surface area (Å²) in [5.41, 5.74) is 9.78. The summed E-state index contributed by atoms with van der Waals surface area (Å²) in [6.45, 7) is 3.81. The maximum Gasteiger partial charge on any atom is 0.128 e. The Hall–Kier alpha value is -1.19. The van der Waals surface area contributed by atoms with Gasteiger partial charge in [0, 0.05) is 11.6 Å². The molecule has 2 N–H and O–H groups in total. The molecule has 1 nitrogen and oxygen atoms in total. The van der Waals surface area contributed by atoms with Crippen LogP contribution < -0.4 is 5.73 Å². The van der Waals surface area contributed by atoms with Gasteiger partial charge in [0.2, 0.25) is 0 Å². The summed E-state index contributed by atoms with van der Waals surface area (Å²) in [6, 6.07) is 5.29. The van der Waals surface area contributed by atoms with Gasteiger partial charge in [0.25, 0.3) is 0 Å². The second-order valence-corrected chi connectivity index (χ2v) is 5.20. The third-order valence-corrected chi connectivity index (χ3v) is 3.62. The summed E-state index contributed by atoms with van der Waals surface area (Å²) in [5.74, 6) is -0.190. The number of nitrogens with two attached hydrogens (primary N) is 1. The largest absolute Gasteiger partial charge is 0.324 e. The predicted octanol–water partition coefficient (Wildman–Crippen LogP) is 3.75. The molecule has 1 aromatic carbocycles. The van der Waals surface area contributed by atoms with Crippen LogP contribution in [0.15, 0.2) is 29.0 Å². The normalized spacial score (nSPS) is 12.7. The lowest BCUT2D eigenvalue weighted by molar-refractivity contribution is 0.576. The van der Waals surface area contributed by atoms with E-state index < -0.39 is 0 Å². The Bertz CT molecular complexity index is 482. The Labute approximate surface area is 105 Å². The lowest BCUT2D eigenvalue weighted by Gasteiger charge is -2.16. The second-order valence-electron chi connectivity index (χ2n) is 4.42. The maximum absolute atomic E-state index is 13.9. The van der Waals surface area contributed by atoms with Crippen molar-refractivity contribution in [2.45, 2.75) is 26.3 Å². The fourth-order valence-corrected chi connectivity index (χ4v) is 2.84. The quantitative estimate of drug-likeness (QED) is 0.881. The van der Waals surface area contributed by atoms with Crippen molar-refractivity contribution in [1.29, 1.82) is 0 Å². The molecule has 1 aromatic heterocycles. The number of hydrogen-bond acceptors (Lipinski definition) is 2. The molecule has 0 spiro atoms. The van der Waals surface area contributed by atoms with E-state index in [4.69, 9.17) is 5.73 Å². The van der Waals surface area contributed by atoms with E-state index in [2.05, 4.69) is 5.38 Å². The van der Waals surface area contributed by atoms with Crippen LogP contribution in [0.4, 0.5) is 4.39 Å². The van der Waals surface area contributed by atoms with Gasteiger partial charge in [0.05, 0.1) is 0 Å². The highest BCUT2D eigenvalue weighted by Gasteiger charge is 2.15. The SMILES string of the molecule is Cc1cc(C)c(C(N)Cc2ccsc2)c(F)c1. The van der Waals surface area contributed by atoms with E-state index in [1.54, 1.807) is 17.4 Å². The fraction of sp³-hybridized carbons (Fsp3) is 0.286. The Morgan fingerprint density at radius 3 is 2.71 bits per heavy atom. The Kier molecular flexibility index (Phi) is 3.60. The van der Waals surface area contributed by atoms with Crippen molar-refractivity contribution in [2.24, 2.45) is 5.73 Å². The van der Waals surface area contributed by atoms with Crippen LogP contribution in [0.5, 0.6) is 0 Å². The molecule has 0 amide bonds. The van der Waals surface area contributed by atoms with Crippen LogP contribution in [0, 0.1) is 19.7 Å². The van der Waals surface area contributed by atoms with Crippen LogP contribution in [0.3, 0.4) is 0 Å². The minimum absolute atomic E-state index is 0.190. The monoisotopic (exact) mass is 249 g/mol. The number of thiophene rings is 1. The van der Waals surface area contributed by atoms with Crippen LogP contribution in [0.2, 0.25) is 0 Å². The molecule has 1 atom stereocenters. The first-order valence-corrected chi connectivity index (χ1v) is 6.55. The highest BCUT2D eigenvalue weighted by molar-refractivity contribution is 7.07. The van der Waals surface area contributed by atoms with E-state index in [1.807, 2.05) is 31.4 Å². The lowest BCUT2D eigenvalue weighted by atomic mass is 9.95. The molecule has 0 aliphatic carbocycles. The average molecular weight is 249 g/mol. The Morgan fingerprint density at radius 2 is 2.12 bits per heavy atom. The molecule has 17 heavy (non-hydrogen) atoms. The Balaban J connectivity index is 2.27. The molecule has 0 bridgehead atoms. The van der Waals surface area contributed by atoms with E-state index in [0.717, 1.165) is 11.1 Å². The third kappa shape index (κ3) is 2.73. The molecule has 1 heterocycles. The number of rotatable bonds is 3. The van der Waals surface area contributed by atoms with Crippen LogP contribution in [0.1, 0.15) is 28.3 Å². The third-order valence-electron chi connectivity index (χ3n) is 2.89. The van der Waals surface area contributed by atoms with E-state index >= 15 is 0 Å². The summed E-state index contributed by atoms with van der Waals surface area (Å²) < 4.78 is 13.9. The molecule has 90 valence electrons. The van der Waals surface area contributed by atoms with Gasteiger partial charge in [-0.15, -0.1) is 0 Å². The van der Waals surface area contributed by atoms with E-state index in [-0.39, 0.29) is 11.9 Å². The van der Waals surface area contributed by atoms with Gasteiger partial charge >= 0.3 is 0 Å². The zero-order chi connectivity index (χ0) is 12.4. The summed E-state index contributed by atoms with van der Waals surface area (Å²) in [7, 11) is 0. The van der Waals surface area contributed by atoms with Crippen molar-refractivity contribution < 1.29 is 4.39 Å². The highest BCUT2D eigenvalue weighted by Crippen LogP contribution is 2.24. The number of aryl methyl sites for hydroxylation is 2.